The highest BCUT2D eigenvalue weighted by Crippen LogP contribution is 2.50. The molecule has 34 heavy (non-hydrogen) atoms. The third kappa shape index (κ3) is 3.52. The smallest absolute Gasteiger partial charge is 0.247 e. The van der Waals surface area contributed by atoms with Gasteiger partial charge < -0.3 is 10.2 Å². The Morgan fingerprint density at radius 3 is 2.44 bits per heavy atom. The molecular formula is C27H28ClN3O3. The predicted octanol–water partition coefficient (Wildman–Crippen LogP) is 4.66. The van der Waals surface area contributed by atoms with Crippen molar-refractivity contribution in [2.24, 2.45) is 11.8 Å². The van der Waals surface area contributed by atoms with Crippen molar-refractivity contribution in [2.75, 3.05) is 16.8 Å². The summed E-state index contributed by atoms with van der Waals surface area (Å²) in [6.45, 7) is 6.49. The number of likely N-dealkylation sites (tertiary alicyclic amines) is 1. The third-order valence-electron chi connectivity index (χ3n) is 7.21. The molecule has 0 spiro atoms. The number of imide groups is 1. The molecule has 0 unspecified atom stereocenters. The fourth-order valence-corrected chi connectivity index (χ4v) is 5.73. The van der Waals surface area contributed by atoms with Crippen LogP contribution in [0.4, 0.5) is 11.4 Å². The number of halogens is 1. The van der Waals surface area contributed by atoms with E-state index in [0.717, 1.165) is 35.2 Å². The van der Waals surface area contributed by atoms with Crippen molar-refractivity contribution in [3.63, 3.8) is 0 Å². The van der Waals surface area contributed by atoms with Gasteiger partial charge in [-0.15, -0.1) is 0 Å². The van der Waals surface area contributed by atoms with Crippen molar-refractivity contribution in [3.05, 3.63) is 64.7 Å². The number of rotatable bonds is 5. The first-order valence-corrected chi connectivity index (χ1v) is 12.2. The molecular weight excluding hydrogens is 450 g/mol. The van der Waals surface area contributed by atoms with Crippen LogP contribution in [0.5, 0.6) is 0 Å². The first-order chi connectivity index (χ1) is 16.3. The van der Waals surface area contributed by atoms with Crippen molar-refractivity contribution in [1.82, 2.24) is 4.90 Å². The van der Waals surface area contributed by atoms with Gasteiger partial charge in [-0.25, -0.2) is 0 Å². The molecule has 1 N–H and O–H groups in total. The lowest BCUT2D eigenvalue weighted by Crippen LogP contribution is -2.50. The minimum Gasteiger partial charge on any atom is -0.351 e. The highest BCUT2D eigenvalue weighted by atomic mass is 35.5. The first kappa shape index (κ1) is 22.7. The van der Waals surface area contributed by atoms with E-state index in [4.69, 9.17) is 11.6 Å². The van der Waals surface area contributed by atoms with E-state index >= 15 is 0 Å². The van der Waals surface area contributed by atoms with Crippen LogP contribution in [-0.4, -0.2) is 41.2 Å². The van der Waals surface area contributed by atoms with Gasteiger partial charge in [0.2, 0.25) is 17.7 Å². The largest absolute Gasteiger partial charge is 0.351 e. The van der Waals surface area contributed by atoms with Gasteiger partial charge in [-0.2, -0.15) is 0 Å². The SMILES string of the molecule is CCCCN1C(=O)[C@@H]2[C@H](C1=O)[C@H](C(=O)Nc1ccc(Cl)cc1)N1c3ccc(C)cc3C(C)=C[C@@H]21. The number of carbonyl (C=O) groups excluding carboxylic acids is 3. The highest BCUT2D eigenvalue weighted by Gasteiger charge is 2.64. The van der Waals surface area contributed by atoms with Gasteiger partial charge in [0, 0.05) is 28.5 Å². The van der Waals surface area contributed by atoms with Crippen LogP contribution in [0.1, 0.15) is 37.8 Å². The Labute approximate surface area is 204 Å². The van der Waals surface area contributed by atoms with E-state index in [1.807, 2.05) is 37.8 Å². The van der Waals surface area contributed by atoms with Crippen LogP contribution in [0.25, 0.3) is 5.57 Å². The molecule has 4 atom stereocenters. The minimum absolute atomic E-state index is 0.167. The van der Waals surface area contributed by atoms with Crippen molar-refractivity contribution in [1.29, 1.82) is 0 Å². The zero-order valence-corrected chi connectivity index (χ0v) is 20.3. The van der Waals surface area contributed by atoms with Crippen LogP contribution in [-0.2, 0) is 14.4 Å². The quantitative estimate of drug-likeness (QED) is 0.636. The Balaban J connectivity index is 1.59. The number of nitrogens with zero attached hydrogens (tertiary/aromatic N) is 2. The Kier molecular flexibility index (Phi) is 5.72. The summed E-state index contributed by atoms with van der Waals surface area (Å²) in [6, 6.07) is 11.8. The second kappa shape index (κ2) is 8.58. The minimum atomic E-state index is -0.792. The predicted molar refractivity (Wildman–Crippen MR) is 134 cm³/mol. The summed E-state index contributed by atoms with van der Waals surface area (Å²) in [5, 5.41) is 3.53. The normalized spacial score (nSPS) is 25.1. The van der Waals surface area contributed by atoms with Crippen molar-refractivity contribution < 1.29 is 14.4 Å². The average Bonchev–Trinajstić information content (AvgIpc) is 3.27. The molecule has 0 bridgehead atoms. The number of benzene rings is 2. The van der Waals surface area contributed by atoms with Crippen LogP contribution in [0.3, 0.4) is 0 Å². The van der Waals surface area contributed by atoms with E-state index in [9.17, 15) is 14.4 Å². The number of unbranched alkanes of at least 4 members (excludes halogenated alkanes) is 1. The standard InChI is InChI=1S/C27H28ClN3O3/c1-4-5-12-30-26(33)22-21-14-16(3)19-13-15(2)6-11-20(19)31(21)24(23(22)27(30)34)25(32)29-18-9-7-17(28)8-10-18/h6-11,13-14,21-24H,4-5,12H2,1-3H3,(H,29,32)/t21-,22-,23-,24+/m0/s1. The van der Waals surface area contributed by atoms with E-state index in [0.29, 0.717) is 17.3 Å². The molecule has 0 saturated carbocycles. The fourth-order valence-electron chi connectivity index (χ4n) is 5.60. The molecule has 176 valence electrons. The van der Waals surface area contributed by atoms with Crippen molar-refractivity contribution in [2.45, 2.75) is 45.7 Å². The number of carbonyl (C=O) groups is 3. The molecule has 2 aromatic rings. The van der Waals surface area contributed by atoms with Crippen LogP contribution in [0.15, 0.2) is 48.5 Å². The van der Waals surface area contributed by atoms with Crippen molar-refractivity contribution in [3.8, 4) is 0 Å². The molecule has 3 aliphatic heterocycles. The lowest BCUT2D eigenvalue weighted by atomic mass is 9.87. The Morgan fingerprint density at radius 2 is 1.74 bits per heavy atom. The maximum absolute atomic E-state index is 13.7. The molecule has 2 fully saturated rings. The van der Waals surface area contributed by atoms with E-state index in [-0.39, 0.29) is 23.8 Å². The maximum Gasteiger partial charge on any atom is 0.247 e. The van der Waals surface area contributed by atoms with Crippen LogP contribution < -0.4 is 10.2 Å². The first-order valence-electron chi connectivity index (χ1n) is 11.8. The van der Waals surface area contributed by atoms with Gasteiger partial charge in [-0.1, -0.05) is 42.7 Å². The molecule has 2 aromatic carbocycles. The molecule has 3 heterocycles. The fraction of sp³-hybridized carbons (Fsp3) is 0.370. The molecule has 0 aliphatic carbocycles. The highest BCUT2D eigenvalue weighted by molar-refractivity contribution is 6.30. The van der Waals surface area contributed by atoms with Gasteiger partial charge in [0.1, 0.15) is 6.04 Å². The van der Waals surface area contributed by atoms with Gasteiger partial charge in [0.05, 0.1) is 17.9 Å². The Bertz CT molecular complexity index is 1210. The summed E-state index contributed by atoms with van der Waals surface area (Å²) in [7, 11) is 0. The van der Waals surface area contributed by atoms with Crippen molar-refractivity contribution >= 4 is 46.3 Å². The molecule has 3 amide bonds. The van der Waals surface area contributed by atoms with Gasteiger partial charge in [-0.3, -0.25) is 19.3 Å². The number of hydrogen-bond donors (Lipinski definition) is 1. The van der Waals surface area contributed by atoms with Crippen LogP contribution in [0.2, 0.25) is 5.02 Å². The summed E-state index contributed by atoms with van der Waals surface area (Å²) in [5.74, 6) is -2.00. The molecule has 2 saturated heterocycles. The number of aryl methyl sites for hydroxylation is 1. The second-order valence-corrected chi connectivity index (χ2v) is 9.88. The summed E-state index contributed by atoms with van der Waals surface area (Å²) in [4.78, 5) is 44.2. The molecule has 3 aliphatic rings. The molecule has 5 rings (SSSR count). The maximum atomic E-state index is 13.7. The summed E-state index contributed by atoms with van der Waals surface area (Å²) < 4.78 is 0. The second-order valence-electron chi connectivity index (χ2n) is 9.44. The van der Waals surface area contributed by atoms with Crippen LogP contribution in [0, 0.1) is 18.8 Å². The van der Waals surface area contributed by atoms with E-state index in [1.54, 1.807) is 24.3 Å². The topological polar surface area (TPSA) is 69.7 Å². The van der Waals surface area contributed by atoms with Gasteiger partial charge in [-0.05, 0) is 62.2 Å². The monoisotopic (exact) mass is 477 g/mol. The van der Waals surface area contributed by atoms with Gasteiger partial charge >= 0.3 is 0 Å². The number of amides is 3. The van der Waals surface area contributed by atoms with Gasteiger partial charge in [0.25, 0.3) is 0 Å². The number of nitrogens with one attached hydrogen (secondary N) is 1. The lowest BCUT2D eigenvalue weighted by Gasteiger charge is -2.38. The number of fused-ring (bicyclic) bond motifs is 5. The lowest BCUT2D eigenvalue weighted by molar-refractivity contribution is -0.141. The molecule has 7 heteroatoms. The average molecular weight is 478 g/mol. The van der Waals surface area contributed by atoms with Gasteiger partial charge in [0.15, 0.2) is 0 Å². The number of anilines is 2. The summed E-state index contributed by atoms with van der Waals surface area (Å²) in [6.07, 6.45) is 3.70. The summed E-state index contributed by atoms with van der Waals surface area (Å²) in [5.41, 5.74) is 4.70. The van der Waals surface area contributed by atoms with E-state index in [2.05, 4.69) is 17.5 Å². The Hall–Kier alpha value is -3.12. The van der Waals surface area contributed by atoms with E-state index < -0.39 is 17.9 Å². The molecule has 6 nitrogen and oxygen atoms in total. The van der Waals surface area contributed by atoms with Crippen LogP contribution >= 0.6 is 11.6 Å². The third-order valence-corrected chi connectivity index (χ3v) is 7.46. The van der Waals surface area contributed by atoms with E-state index in [1.165, 1.54) is 4.90 Å². The molecule has 0 aromatic heterocycles. The Morgan fingerprint density at radius 1 is 1.03 bits per heavy atom. The molecule has 0 radical (unpaired) electrons. The summed E-state index contributed by atoms with van der Waals surface area (Å²) >= 11 is 6.00. The number of allylic oxidation sites excluding steroid dienone is 1. The number of hydrogen-bond acceptors (Lipinski definition) is 4. The zero-order valence-electron chi connectivity index (χ0n) is 19.5. The zero-order chi connectivity index (χ0) is 24.1.